The zero-order valence-corrected chi connectivity index (χ0v) is 12.6. The molecule has 0 fully saturated rings. The molecule has 0 aliphatic carbocycles. The van der Waals surface area contributed by atoms with Crippen LogP contribution in [0.3, 0.4) is 0 Å². The molecule has 0 N–H and O–H groups in total. The molecule has 0 saturated heterocycles. The van der Waals surface area contributed by atoms with E-state index >= 15 is 0 Å². The summed E-state index contributed by atoms with van der Waals surface area (Å²) < 4.78 is 0. The molecule has 0 heterocycles. The van der Waals surface area contributed by atoms with Crippen LogP contribution in [-0.2, 0) is 10.1 Å². The summed E-state index contributed by atoms with van der Waals surface area (Å²) in [6, 6.07) is 6.06. The van der Waals surface area contributed by atoms with Gasteiger partial charge in [0.05, 0.1) is 4.83 Å². The summed E-state index contributed by atoms with van der Waals surface area (Å²) in [5.41, 5.74) is 2.29. The summed E-state index contributed by atoms with van der Waals surface area (Å²) in [5, 5.41) is 0.814. The molecule has 0 radical (unpaired) electrons. The fourth-order valence-corrected chi connectivity index (χ4v) is 3.39. The number of rotatable bonds is 4. The Morgan fingerprint density at radius 3 is 2.67 bits per heavy atom. The molecule has 15 heavy (non-hydrogen) atoms. The first-order valence-electron chi connectivity index (χ1n) is 4.48. The second kappa shape index (κ2) is 6.06. The van der Waals surface area contributed by atoms with E-state index < -0.39 is 0 Å². The second-order valence-electron chi connectivity index (χ2n) is 3.15. The van der Waals surface area contributed by atoms with Crippen LogP contribution in [0.1, 0.15) is 22.9 Å². The topological polar surface area (TPSA) is 17.1 Å². The van der Waals surface area contributed by atoms with Crippen LogP contribution in [0.15, 0.2) is 23.1 Å². The number of halogens is 2. The minimum Gasteiger partial charge on any atom is -0.298 e. The molecule has 4 heteroatoms. The summed E-state index contributed by atoms with van der Waals surface area (Å²) in [6.45, 7) is 1.60. The third-order valence-electron chi connectivity index (χ3n) is 2.11. The van der Waals surface area contributed by atoms with E-state index in [1.165, 1.54) is 10.5 Å². The molecule has 0 bridgehead atoms. The van der Waals surface area contributed by atoms with Gasteiger partial charge in [-0.15, -0.1) is 11.8 Å². The van der Waals surface area contributed by atoms with Crippen molar-refractivity contribution in [3.8, 4) is 0 Å². The molecule has 0 aliphatic rings. The summed E-state index contributed by atoms with van der Waals surface area (Å²) >= 11 is 8.56. The monoisotopic (exact) mass is 350 g/mol. The van der Waals surface area contributed by atoms with Crippen molar-refractivity contribution in [2.75, 3.05) is 6.26 Å². The zero-order valence-electron chi connectivity index (χ0n) is 8.59. The van der Waals surface area contributed by atoms with Crippen molar-refractivity contribution in [2.45, 2.75) is 22.0 Å². The lowest BCUT2D eigenvalue weighted by molar-refractivity contribution is -0.116. The maximum atomic E-state index is 11.3. The number of thioether (sulfide) groups is 1. The van der Waals surface area contributed by atoms with Crippen molar-refractivity contribution in [2.24, 2.45) is 0 Å². The van der Waals surface area contributed by atoms with E-state index in [1.807, 2.05) is 18.4 Å². The molecule has 1 aromatic carbocycles. The van der Waals surface area contributed by atoms with Gasteiger partial charge < -0.3 is 0 Å². The first-order valence-corrected chi connectivity index (χ1v) is 7.74. The van der Waals surface area contributed by atoms with Crippen molar-refractivity contribution in [3.05, 3.63) is 29.3 Å². The van der Waals surface area contributed by atoms with Gasteiger partial charge in [0.2, 0.25) is 0 Å². The van der Waals surface area contributed by atoms with E-state index in [4.69, 9.17) is 0 Å². The van der Waals surface area contributed by atoms with Gasteiger partial charge in [0.1, 0.15) is 5.78 Å². The number of alkyl halides is 2. The number of Topliss-reactive ketones (excluding diaryl/α,β-unsaturated/α-hetero) is 1. The number of hydrogen-bond donors (Lipinski definition) is 0. The zero-order chi connectivity index (χ0) is 11.4. The predicted octanol–water partition coefficient (Wildman–Crippen LogP) is 4.33. The van der Waals surface area contributed by atoms with Gasteiger partial charge in [0.25, 0.3) is 0 Å². The predicted molar refractivity (Wildman–Crippen MR) is 73.2 cm³/mol. The fourth-order valence-electron chi connectivity index (χ4n) is 1.38. The molecule has 0 saturated carbocycles. The van der Waals surface area contributed by atoms with Crippen molar-refractivity contribution in [1.82, 2.24) is 0 Å². The second-order valence-corrected chi connectivity index (χ2v) is 5.44. The molecule has 82 valence electrons. The Labute approximate surface area is 111 Å². The van der Waals surface area contributed by atoms with Crippen LogP contribution in [0.25, 0.3) is 0 Å². The van der Waals surface area contributed by atoms with Gasteiger partial charge in [0, 0.05) is 10.2 Å². The van der Waals surface area contributed by atoms with E-state index in [0.717, 1.165) is 10.9 Å². The standard InChI is InChI=1S/C11H12Br2OS/c1-7(14)10(13)9-5-3-4-8(6-12)11(9)15-2/h3-5,10H,6H2,1-2H3. The number of benzene rings is 1. The molecule has 1 unspecified atom stereocenters. The van der Waals surface area contributed by atoms with Gasteiger partial charge >= 0.3 is 0 Å². The van der Waals surface area contributed by atoms with Crippen LogP contribution >= 0.6 is 43.6 Å². The number of carbonyl (C=O) groups is 1. The molecule has 0 amide bonds. The Morgan fingerprint density at radius 1 is 1.53 bits per heavy atom. The fraction of sp³-hybridized carbons (Fsp3) is 0.364. The van der Waals surface area contributed by atoms with Crippen LogP contribution in [0.5, 0.6) is 0 Å². The van der Waals surface area contributed by atoms with Crippen molar-refractivity contribution in [1.29, 1.82) is 0 Å². The van der Waals surface area contributed by atoms with Crippen molar-refractivity contribution >= 4 is 49.4 Å². The van der Waals surface area contributed by atoms with Gasteiger partial charge in [-0.2, -0.15) is 0 Å². The third kappa shape index (κ3) is 3.08. The quantitative estimate of drug-likeness (QED) is 0.593. The molecule has 0 aromatic heterocycles. The Kier molecular flexibility index (Phi) is 5.36. The highest BCUT2D eigenvalue weighted by Gasteiger charge is 2.17. The first-order chi connectivity index (χ1) is 7.11. The lowest BCUT2D eigenvalue weighted by Crippen LogP contribution is -2.03. The summed E-state index contributed by atoms with van der Waals surface area (Å²) in [7, 11) is 0. The molecule has 0 spiro atoms. The van der Waals surface area contributed by atoms with E-state index in [0.29, 0.717) is 0 Å². The van der Waals surface area contributed by atoms with Crippen LogP contribution in [0.4, 0.5) is 0 Å². The summed E-state index contributed by atoms with van der Waals surface area (Å²) in [5.74, 6) is 0.136. The normalized spacial score (nSPS) is 12.5. The van der Waals surface area contributed by atoms with Crippen LogP contribution < -0.4 is 0 Å². The highest BCUT2D eigenvalue weighted by molar-refractivity contribution is 9.09. The Hall–Kier alpha value is 0.200. The van der Waals surface area contributed by atoms with E-state index in [-0.39, 0.29) is 10.6 Å². The third-order valence-corrected chi connectivity index (χ3v) is 4.75. The molecule has 1 rings (SSSR count). The van der Waals surface area contributed by atoms with Gasteiger partial charge in [0.15, 0.2) is 0 Å². The highest BCUT2D eigenvalue weighted by atomic mass is 79.9. The smallest absolute Gasteiger partial charge is 0.147 e. The molecule has 0 aliphatic heterocycles. The minimum absolute atomic E-state index is 0.136. The highest BCUT2D eigenvalue weighted by Crippen LogP contribution is 2.35. The molecule has 1 nitrogen and oxygen atoms in total. The summed E-state index contributed by atoms with van der Waals surface area (Å²) in [6.07, 6.45) is 2.03. The lowest BCUT2D eigenvalue weighted by atomic mass is 10.1. The van der Waals surface area contributed by atoms with Crippen molar-refractivity contribution < 1.29 is 4.79 Å². The largest absolute Gasteiger partial charge is 0.298 e. The SMILES string of the molecule is CSc1c(CBr)cccc1C(Br)C(C)=O. The van der Waals surface area contributed by atoms with E-state index in [2.05, 4.69) is 37.9 Å². The maximum Gasteiger partial charge on any atom is 0.147 e. The van der Waals surface area contributed by atoms with Gasteiger partial charge in [-0.05, 0) is 24.3 Å². The van der Waals surface area contributed by atoms with Crippen molar-refractivity contribution in [3.63, 3.8) is 0 Å². The van der Waals surface area contributed by atoms with Crippen LogP contribution in [0.2, 0.25) is 0 Å². The molecular formula is C11H12Br2OS. The Balaban J connectivity index is 3.22. The van der Waals surface area contributed by atoms with Gasteiger partial charge in [-0.3, -0.25) is 4.79 Å². The van der Waals surface area contributed by atoms with E-state index in [9.17, 15) is 4.79 Å². The van der Waals surface area contributed by atoms with Crippen LogP contribution in [-0.4, -0.2) is 12.0 Å². The minimum atomic E-state index is -0.195. The summed E-state index contributed by atoms with van der Waals surface area (Å²) in [4.78, 5) is 12.3. The average Bonchev–Trinajstić information content (AvgIpc) is 2.26. The van der Waals surface area contributed by atoms with E-state index in [1.54, 1.807) is 18.7 Å². The maximum absolute atomic E-state index is 11.3. The van der Waals surface area contributed by atoms with Gasteiger partial charge in [-0.25, -0.2) is 0 Å². The molecule has 1 atom stereocenters. The molecule has 1 aromatic rings. The van der Waals surface area contributed by atoms with Crippen LogP contribution in [0, 0.1) is 0 Å². The Bertz CT molecular complexity index is 366. The lowest BCUT2D eigenvalue weighted by Gasteiger charge is -2.14. The number of ketones is 1. The number of carbonyl (C=O) groups excluding carboxylic acids is 1. The van der Waals surface area contributed by atoms with Gasteiger partial charge in [-0.1, -0.05) is 50.1 Å². The first kappa shape index (κ1) is 13.3. The number of hydrogen-bond acceptors (Lipinski definition) is 2. The Morgan fingerprint density at radius 2 is 2.20 bits per heavy atom. The molecular weight excluding hydrogens is 340 g/mol. The average molecular weight is 352 g/mol.